The monoisotopic (exact) mass is 506 g/mol. The lowest BCUT2D eigenvalue weighted by atomic mass is 10.1. The Kier molecular flexibility index (Phi) is 13.2. The van der Waals surface area contributed by atoms with E-state index in [1.165, 1.54) is 24.3 Å². The van der Waals surface area contributed by atoms with Gasteiger partial charge in [-0.05, 0) is 82.7 Å². The van der Waals surface area contributed by atoms with Gasteiger partial charge in [-0.25, -0.2) is 18.4 Å². The smallest absolute Gasteiger partial charge is 0.340 e. The van der Waals surface area contributed by atoms with Crippen LogP contribution in [0.1, 0.15) is 36.0 Å². The van der Waals surface area contributed by atoms with Crippen molar-refractivity contribution in [3.8, 4) is 0 Å². The van der Waals surface area contributed by atoms with Crippen molar-refractivity contribution in [3.63, 3.8) is 0 Å². The fourth-order valence-corrected chi connectivity index (χ4v) is 3.34. The number of hydrogen-bond acceptors (Lipinski definition) is 7. The first-order valence-corrected chi connectivity index (χ1v) is 12.1. The zero-order valence-corrected chi connectivity index (χ0v) is 20.6. The Morgan fingerprint density at radius 3 is 2.11 bits per heavy atom. The van der Waals surface area contributed by atoms with E-state index in [9.17, 15) is 18.4 Å². The van der Waals surface area contributed by atoms with E-state index < -0.39 is 23.6 Å². The lowest BCUT2D eigenvalue weighted by Gasteiger charge is -2.15. The number of methoxy groups -OCH3 is 1. The van der Waals surface area contributed by atoms with Gasteiger partial charge in [0.2, 0.25) is 0 Å². The third kappa shape index (κ3) is 10.1. The van der Waals surface area contributed by atoms with Crippen LogP contribution in [0, 0.1) is 11.6 Å². The molecule has 0 bridgehead atoms. The first-order chi connectivity index (χ1) is 17.5. The van der Waals surface area contributed by atoms with E-state index in [1.807, 2.05) is 0 Å². The Balaban J connectivity index is 1.85. The molecule has 0 radical (unpaired) electrons. The number of carbonyl (C=O) groups is 2. The van der Waals surface area contributed by atoms with Crippen molar-refractivity contribution in [2.45, 2.75) is 25.7 Å². The second-order valence-corrected chi connectivity index (χ2v) is 8.06. The summed E-state index contributed by atoms with van der Waals surface area (Å²) in [4.78, 5) is 24.5. The molecule has 7 N–H and O–H groups in total. The molecule has 2 aromatic rings. The Labute approximate surface area is 210 Å². The van der Waals surface area contributed by atoms with Gasteiger partial charge in [-0.1, -0.05) is 12.1 Å². The predicted octanol–water partition coefficient (Wildman–Crippen LogP) is 3.51. The number of esters is 1. The minimum Gasteiger partial charge on any atom is -0.465 e. The van der Waals surface area contributed by atoms with Crippen LogP contribution >= 0.6 is 0 Å². The zero-order chi connectivity index (χ0) is 26.2. The second kappa shape index (κ2) is 16.4. The van der Waals surface area contributed by atoms with Crippen molar-refractivity contribution in [1.29, 1.82) is 0 Å². The molecular formula is C25H36F2N6O3. The molecule has 11 heteroatoms. The summed E-state index contributed by atoms with van der Waals surface area (Å²) >= 11 is 0. The van der Waals surface area contributed by atoms with E-state index in [1.54, 1.807) is 6.07 Å². The number of para-hydroxylation sites is 1. The molecule has 2 rings (SSSR count). The average Bonchev–Trinajstić information content (AvgIpc) is 2.87. The van der Waals surface area contributed by atoms with Gasteiger partial charge in [0.25, 0.3) is 0 Å². The molecule has 0 saturated carbocycles. The van der Waals surface area contributed by atoms with Crippen LogP contribution in [0.25, 0.3) is 0 Å². The molecule has 0 saturated heterocycles. The first-order valence-electron chi connectivity index (χ1n) is 12.1. The van der Waals surface area contributed by atoms with Gasteiger partial charge in [0.15, 0.2) is 0 Å². The lowest BCUT2D eigenvalue weighted by Crippen LogP contribution is -2.23. The number of rotatable bonds is 16. The fourth-order valence-electron chi connectivity index (χ4n) is 3.34. The minimum atomic E-state index is -0.819. The van der Waals surface area contributed by atoms with Crippen LogP contribution < -0.4 is 32.3 Å². The SMILES string of the molecule is COC(=O)c1cc(F)c(NCCCNCCCCNCCCN)cc1NC(=O)Nc1ccccc1F. The molecule has 0 aliphatic rings. The summed E-state index contributed by atoms with van der Waals surface area (Å²) in [6, 6.07) is 7.16. The highest BCUT2D eigenvalue weighted by atomic mass is 19.1. The summed E-state index contributed by atoms with van der Waals surface area (Å²) in [5.74, 6) is -2.10. The summed E-state index contributed by atoms with van der Waals surface area (Å²) in [7, 11) is 1.15. The topological polar surface area (TPSA) is 130 Å². The molecule has 2 aromatic carbocycles. The Hall–Kier alpha value is -3.28. The number of nitrogens with one attached hydrogen (secondary N) is 5. The number of benzene rings is 2. The van der Waals surface area contributed by atoms with Gasteiger partial charge in [0, 0.05) is 6.54 Å². The number of nitrogens with two attached hydrogens (primary N) is 1. The standard InChI is InChI=1S/C25H36F2N6O3/c1-36-24(34)18-16-20(27)23(31-15-7-14-30-12-5-4-11-29-13-6-10-28)17-22(18)33-25(35)32-21-9-3-2-8-19(21)26/h2-3,8-9,16-17,29-31H,4-7,10-15,28H2,1H3,(H2,32,33,35). The highest BCUT2D eigenvalue weighted by molar-refractivity contribution is 6.05. The van der Waals surface area contributed by atoms with Crippen molar-refractivity contribution in [3.05, 3.63) is 53.6 Å². The predicted molar refractivity (Wildman–Crippen MR) is 139 cm³/mol. The third-order valence-corrected chi connectivity index (χ3v) is 5.24. The summed E-state index contributed by atoms with van der Waals surface area (Å²) in [6.07, 6.45) is 3.85. The van der Waals surface area contributed by atoms with Crippen LogP contribution in [0.3, 0.4) is 0 Å². The van der Waals surface area contributed by atoms with Crippen molar-refractivity contribution < 1.29 is 23.1 Å². The van der Waals surface area contributed by atoms with Gasteiger partial charge in [-0.2, -0.15) is 0 Å². The third-order valence-electron chi connectivity index (χ3n) is 5.24. The van der Waals surface area contributed by atoms with E-state index in [0.29, 0.717) is 13.1 Å². The fraction of sp³-hybridized carbons (Fsp3) is 0.440. The van der Waals surface area contributed by atoms with Crippen LogP contribution in [0.4, 0.5) is 30.6 Å². The van der Waals surface area contributed by atoms with Gasteiger partial charge in [0.05, 0.1) is 29.7 Å². The number of hydrogen-bond donors (Lipinski definition) is 6. The first kappa shape index (κ1) is 29.0. The average molecular weight is 507 g/mol. The highest BCUT2D eigenvalue weighted by Crippen LogP contribution is 2.26. The highest BCUT2D eigenvalue weighted by Gasteiger charge is 2.18. The van der Waals surface area contributed by atoms with E-state index >= 15 is 0 Å². The summed E-state index contributed by atoms with van der Waals surface area (Å²) in [5, 5.41) is 14.5. The number of carbonyl (C=O) groups excluding carboxylic acids is 2. The summed E-state index contributed by atoms with van der Waals surface area (Å²) in [6.45, 7) is 4.74. The van der Waals surface area contributed by atoms with Crippen LogP contribution in [0.15, 0.2) is 36.4 Å². The van der Waals surface area contributed by atoms with Gasteiger partial charge < -0.3 is 37.1 Å². The Morgan fingerprint density at radius 2 is 1.44 bits per heavy atom. The molecular weight excluding hydrogens is 470 g/mol. The van der Waals surface area contributed by atoms with Gasteiger partial charge in [-0.15, -0.1) is 0 Å². The largest absolute Gasteiger partial charge is 0.465 e. The van der Waals surface area contributed by atoms with Crippen LogP contribution in [-0.4, -0.2) is 58.4 Å². The molecule has 0 aliphatic carbocycles. The molecule has 36 heavy (non-hydrogen) atoms. The number of urea groups is 1. The Bertz CT molecular complexity index is 977. The molecule has 198 valence electrons. The van der Waals surface area contributed by atoms with E-state index in [-0.39, 0.29) is 22.6 Å². The maximum atomic E-state index is 14.6. The minimum absolute atomic E-state index is 0.0257. The number of ether oxygens (including phenoxy) is 1. The van der Waals surface area contributed by atoms with Crippen LogP contribution in [0.2, 0.25) is 0 Å². The van der Waals surface area contributed by atoms with E-state index in [4.69, 9.17) is 10.5 Å². The van der Waals surface area contributed by atoms with Crippen molar-refractivity contribution in [1.82, 2.24) is 10.6 Å². The number of unbranched alkanes of at least 4 members (excludes halogenated alkanes) is 1. The van der Waals surface area contributed by atoms with Gasteiger partial charge >= 0.3 is 12.0 Å². The van der Waals surface area contributed by atoms with Crippen molar-refractivity contribution in [2.75, 3.05) is 62.3 Å². The van der Waals surface area contributed by atoms with Gasteiger partial charge in [-0.3, -0.25) is 0 Å². The zero-order valence-electron chi connectivity index (χ0n) is 20.6. The molecule has 0 fully saturated rings. The van der Waals surface area contributed by atoms with Crippen LogP contribution in [-0.2, 0) is 4.74 Å². The van der Waals surface area contributed by atoms with Crippen molar-refractivity contribution >= 4 is 29.1 Å². The summed E-state index contributed by atoms with van der Waals surface area (Å²) in [5.41, 5.74) is 5.39. The summed E-state index contributed by atoms with van der Waals surface area (Å²) < 4.78 is 33.1. The van der Waals surface area contributed by atoms with E-state index in [2.05, 4.69) is 26.6 Å². The Morgan fingerprint density at radius 1 is 0.806 bits per heavy atom. The van der Waals surface area contributed by atoms with Crippen molar-refractivity contribution in [2.24, 2.45) is 5.73 Å². The normalized spacial score (nSPS) is 10.7. The molecule has 9 nitrogen and oxygen atoms in total. The number of halogens is 2. The quantitative estimate of drug-likeness (QED) is 0.152. The molecule has 0 atom stereocenters. The molecule has 2 amide bonds. The lowest BCUT2D eigenvalue weighted by molar-refractivity contribution is 0.0601. The second-order valence-electron chi connectivity index (χ2n) is 8.06. The molecule has 0 spiro atoms. The number of amides is 2. The molecule has 0 heterocycles. The van der Waals surface area contributed by atoms with Crippen LogP contribution in [0.5, 0.6) is 0 Å². The maximum Gasteiger partial charge on any atom is 0.340 e. The van der Waals surface area contributed by atoms with Gasteiger partial charge in [0.1, 0.15) is 11.6 Å². The maximum absolute atomic E-state index is 14.6. The molecule has 0 aromatic heterocycles. The number of anilines is 3. The molecule has 0 unspecified atom stereocenters. The van der Waals surface area contributed by atoms with E-state index in [0.717, 1.165) is 65.0 Å². The molecule has 0 aliphatic heterocycles.